The molecule has 0 unspecified atom stereocenters. The van der Waals surface area contributed by atoms with Crippen molar-refractivity contribution in [2.75, 3.05) is 6.54 Å². The lowest BCUT2D eigenvalue weighted by molar-refractivity contribution is 0.0472. The Morgan fingerprint density at radius 3 is 2.42 bits per heavy atom. The van der Waals surface area contributed by atoms with Gasteiger partial charge < -0.3 is 4.74 Å². The van der Waals surface area contributed by atoms with Crippen LogP contribution in [0.3, 0.4) is 0 Å². The predicted molar refractivity (Wildman–Crippen MR) is 92.1 cm³/mol. The van der Waals surface area contributed by atoms with Crippen LogP contribution in [0.2, 0.25) is 0 Å². The summed E-state index contributed by atoms with van der Waals surface area (Å²) in [4.78, 5) is 12.1. The van der Waals surface area contributed by atoms with Crippen molar-refractivity contribution in [1.82, 2.24) is 4.72 Å². The van der Waals surface area contributed by atoms with Gasteiger partial charge in [-0.25, -0.2) is 17.9 Å². The minimum absolute atomic E-state index is 0.0122. The summed E-state index contributed by atoms with van der Waals surface area (Å²) in [6.07, 6.45) is 0.0633. The van der Waals surface area contributed by atoms with Gasteiger partial charge in [-0.15, -0.1) is 0 Å². The normalized spacial score (nSPS) is 10.5. The molecule has 0 saturated carbocycles. The van der Waals surface area contributed by atoms with E-state index >= 15 is 0 Å². The number of hydrogen-bond donors (Lipinski definition) is 1. The second-order valence-corrected chi connectivity index (χ2v) is 6.94. The maximum Gasteiger partial charge on any atom is 0.338 e. The molecule has 1 N–H and O–H groups in total. The minimum Gasteiger partial charge on any atom is -0.457 e. The number of carbonyl (C=O) groups is 1. The van der Waals surface area contributed by atoms with Crippen molar-refractivity contribution in [2.45, 2.75) is 17.9 Å². The van der Waals surface area contributed by atoms with Gasteiger partial charge >= 0.3 is 5.97 Å². The van der Waals surface area contributed by atoms with Crippen LogP contribution in [-0.2, 0) is 21.4 Å². The predicted octanol–water partition coefficient (Wildman–Crippen LogP) is 2.11. The zero-order valence-electron chi connectivity index (χ0n) is 13.7. The van der Waals surface area contributed by atoms with E-state index in [9.17, 15) is 13.2 Å². The summed E-state index contributed by atoms with van der Waals surface area (Å²) in [6, 6.07) is 15.9. The standard InChI is InChI=1S/C18H15N3O4S/c19-10-3-11-21-26(23,24)17-8-6-14(7-9-17)18(22)25-13-16-5-2-1-4-15(16)12-20/h1-2,4-9,21H,3,11,13H2. The Morgan fingerprint density at radius 2 is 1.77 bits per heavy atom. The van der Waals surface area contributed by atoms with Crippen molar-refractivity contribution >= 4 is 16.0 Å². The molecule has 132 valence electrons. The second-order valence-electron chi connectivity index (χ2n) is 5.18. The van der Waals surface area contributed by atoms with Crippen LogP contribution >= 0.6 is 0 Å². The third-order valence-corrected chi connectivity index (χ3v) is 4.90. The van der Waals surface area contributed by atoms with Crippen LogP contribution in [0.4, 0.5) is 0 Å². The number of benzene rings is 2. The Kier molecular flexibility index (Phi) is 6.45. The van der Waals surface area contributed by atoms with Crippen LogP contribution in [0.5, 0.6) is 0 Å². The van der Waals surface area contributed by atoms with Gasteiger partial charge in [0.05, 0.1) is 28.2 Å². The third kappa shape index (κ3) is 4.90. The summed E-state index contributed by atoms with van der Waals surface area (Å²) in [7, 11) is -3.73. The lowest BCUT2D eigenvalue weighted by Gasteiger charge is -2.08. The lowest BCUT2D eigenvalue weighted by atomic mass is 10.1. The Balaban J connectivity index is 2.03. The zero-order valence-corrected chi connectivity index (χ0v) is 14.5. The highest BCUT2D eigenvalue weighted by atomic mass is 32.2. The average molecular weight is 369 g/mol. The molecule has 0 amide bonds. The number of carbonyl (C=O) groups excluding carboxylic acids is 1. The number of nitrogens with one attached hydrogen (secondary N) is 1. The van der Waals surface area contributed by atoms with E-state index in [4.69, 9.17) is 15.3 Å². The van der Waals surface area contributed by atoms with E-state index < -0.39 is 16.0 Å². The monoisotopic (exact) mass is 369 g/mol. The van der Waals surface area contributed by atoms with Crippen LogP contribution in [0.1, 0.15) is 27.9 Å². The van der Waals surface area contributed by atoms with E-state index in [2.05, 4.69) is 4.72 Å². The number of nitrogens with zero attached hydrogens (tertiary/aromatic N) is 2. The van der Waals surface area contributed by atoms with Crippen LogP contribution in [0.25, 0.3) is 0 Å². The quantitative estimate of drug-likeness (QED) is 0.589. The smallest absolute Gasteiger partial charge is 0.338 e. The van der Waals surface area contributed by atoms with Crippen molar-refractivity contribution in [3.05, 3.63) is 65.2 Å². The van der Waals surface area contributed by atoms with Crippen molar-refractivity contribution in [3.63, 3.8) is 0 Å². The van der Waals surface area contributed by atoms with Gasteiger partial charge in [-0.3, -0.25) is 0 Å². The summed E-state index contributed by atoms with van der Waals surface area (Å²) in [5, 5.41) is 17.5. The number of ether oxygens (including phenoxy) is 1. The van der Waals surface area contributed by atoms with E-state index in [1.54, 1.807) is 24.3 Å². The first kappa shape index (κ1) is 19.1. The van der Waals surface area contributed by atoms with E-state index in [0.717, 1.165) is 0 Å². The lowest BCUT2D eigenvalue weighted by Crippen LogP contribution is -2.24. The highest BCUT2D eigenvalue weighted by Gasteiger charge is 2.15. The van der Waals surface area contributed by atoms with Gasteiger partial charge in [0.15, 0.2) is 0 Å². The van der Waals surface area contributed by atoms with Crippen LogP contribution in [0, 0.1) is 22.7 Å². The molecule has 0 fully saturated rings. The van der Waals surface area contributed by atoms with Gasteiger partial charge in [-0.1, -0.05) is 18.2 Å². The molecule has 8 heteroatoms. The van der Waals surface area contributed by atoms with Crippen LogP contribution < -0.4 is 4.72 Å². The molecule has 2 aromatic rings. The van der Waals surface area contributed by atoms with Crippen molar-refractivity contribution < 1.29 is 17.9 Å². The third-order valence-electron chi connectivity index (χ3n) is 3.43. The van der Waals surface area contributed by atoms with Gasteiger partial charge in [-0.2, -0.15) is 10.5 Å². The Bertz CT molecular complexity index is 971. The number of nitriles is 2. The van der Waals surface area contributed by atoms with E-state index in [1.807, 2.05) is 12.1 Å². The molecule has 26 heavy (non-hydrogen) atoms. The fourth-order valence-electron chi connectivity index (χ4n) is 2.08. The summed E-state index contributed by atoms with van der Waals surface area (Å²) in [6.45, 7) is -0.0424. The van der Waals surface area contributed by atoms with Gasteiger partial charge in [-0.05, 0) is 30.3 Å². The number of esters is 1. The molecule has 7 nitrogen and oxygen atoms in total. The van der Waals surface area contributed by atoms with Gasteiger partial charge in [0, 0.05) is 18.5 Å². The Hall–Kier alpha value is -3.20. The molecule has 0 aliphatic heterocycles. The maximum atomic E-state index is 12.1. The molecule has 0 spiro atoms. The first-order chi connectivity index (χ1) is 12.5. The number of hydrogen-bond acceptors (Lipinski definition) is 6. The van der Waals surface area contributed by atoms with Gasteiger partial charge in [0.25, 0.3) is 0 Å². The highest BCUT2D eigenvalue weighted by Crippen LogP contribution is 2.13. The van der Waals surface area contributed by atoms with Crippen molar-refractivity contribution in [2.24, 2.45) is 0 Å². The first-order valence-electron chi connectivity index (χ1n) is 7.60. The second kappa shape index (κ2) is 8.77. The fourth-order valence-corrected chi connectivity index (χ4v) is 3.11. The summed E-state index contributed by atoms with van der Waals surface area (Å²) < 4.78 is 31.5. The first-order valence-corrected chi connectivity index (χ1v) is 9.08. The van der Waals surface area contributed by atoms with Crippen molar-refractivity contribution in [1.29, 1.82) is 10.5 Å². The molecule has 0 radical (unpaired) electrons. The maximum absolute atomic E-state index is 12.1. The topological polar surface area (TPSA) is 120 Å². The van der Waals surface area contributed by atoms with Crippen LogP contribution in [-0.4, -0.2) is 20.9 Å². The molecule has 0 bridgehead atoms. The Morgan fingerprint density at radius 1 is 1.08 bits per heavy atom. The molecule has 0 aliphatic rings. The van der Waals surface area contributed by atoms with Gasteiger partial charge in [0.2, 0.25) is 10.0 Å². The molecule has 0 aliphatic carbocycles. The summed E-state index contributed by atoms with van der Waals surface area (Å²) in [5.74, 6) is -0.626. The highest BCUT2D eigenvalue weighted by molar-refractivity contribution is 7.89. The largest absolute Gasteiger partial charge is 0.457 e. The van der Waals surface area contributed by atoms with Gasteiger partial charge in [0.1, 0.15) is 6.61 Å². The molecule has 0 aromatic heterocycles. The molecular formula is C18H15N3O4S. The van der Waals surface area contributed by atoms with E-state index in [-0.39, 0.29) is 30.0 Å². The fraction of sp³-hybridized carbons (Fsp3) is 0.167. The Labute approximate surface area is 151 Å². The van der Waals surface area contributed by atoms with Crippen molar-refractivity contribution in [3.8, 4) is 12.1 Å². The van der Waals surface area contributed by atoms with Crippen LogP contribution in [0.15, 0.2) is 53.4 Å². The SMILES string of the molecule is N#CCCNS(=O)(=O)c1ccc(C(=O)OCc2ccccc2C#N)cc1. The molecule has 0 atom stereocenters. The molecule has 0 saturated heterocycles. The molecule has 2 aromatic carbocycles. The minimum atomic E-state index is -3.73. The molecule has 2 rings (SSSR count). The number of sulfonamides is 1. The zero-order chi connectivity index (χ0) is 19.0. The summed E-state index contributed by atoms with van der Waals surface area (Å²) in [5.41, 5.74) is 1.20. The van der Waals surface area contributed by atoms with E-state index in [0.29, 0.717) is 11.1 Å². The molecule has 0 heterocycles. The summed E-state index contributed by atoms with van der Waals surface area (Å²) >= 11 is 0. The number of rotatable bonds is 7. The average Bonchev–Trinajstić information content (AvgIpc) is 2.66. The van der Waals surface area contributed by atoms with E-state index in [1.165, 1.54) is 24.3 Å². The molecular weight excluding hydrogens is 354 g/mol.